The maximum atomic E-state index is 9.97. The van der Waals surface area contributed by atoms with Crippen LogP contribution in [0.25, 0.3) is 0 Å². The third kappa shape index (κ3) is 2.48. The van der Waals surface area contributed by atoms with E-state index in [1.54, 1.807) is 0 Å². The van der Waals surface area contributed by atoms with Gasteiger partial charge in [0.25, 0.3) is 0 Å². The van der Waals surface area contributed by atoms with E-state index in [9.17, 15) is 10.2 Å². The first-order chi connectivity index (χ1) is 6.43. The van der Waals surface area contributed by atoms with Crippen molar-refractivity contribution in [2.24, 2.45) is 23.7 Å². The molecule has 84 valence electrons. The maximum Gasteiger partial charge on any atom is 0.0575 e. The van der Waals surface area contributed by atoms with E-state index in [1.165, 1.54) is 0 Å². The lowest BCUT2D eigenvalue weighted by Crippen LogP contribution is -2.42. The summed E-state index contributed by atoms with van der Waals surface area (Å²) >= 11 is 0. The molecule has 0 amide bonds. The molecule has 1 aliphatic carbocycles. The average Bonchev–Trinajstić information content (AvgIpc) is 2.07. The molecule has 0 aromatic carbocycles. The van der Waals surface area contributed by atoms with Gasteiger partial charge in [-0.3, -0.25) is 0 Å². The predicted molar refractivity (Wildman–Crippen MR) is 57.9 cm³/mol. The van der Waals surface area contributed by atoms with E-state index in [0.29, 0.717) is 11.8 Å². The lowest BCUT2D eigenvalue weighted by molar-refractivity contribution is -0.0597. The molecule has 0 bridgehead atoms. The summed E-state index contributed by atoms with van der Waals surface area (Å²) in [6.07, 6.45) is 1.10. The summed E-state index contributed by atoms with van der Waals surface area (Å²) in [4.78, 5) is 0. The monoisotopic (exact) mass is 200 g/mol. The molecule has 4 atom stereocenters. The van der Waals surface area contributed by atoms with E-state index in [0.717, 1.165) is 12.8 Å². The molecular weight excluding hydrogens is 176 g/mol. The van der Waals surface area contributed by atoms with Crippen LogP contribution in [0.5, 0.6) is 0 Å². The highest BCUT2D eigenvalue weighted by atomic mass is 16.3. The highest BCUT2D eigenvalue weighted by Crippen LogP contribution is 2.37. The molecular formula is C12H24O2. The van der Waals surface area contributed by atoms with Crippen LogP contribution in [-0.4, -0.2) is 22.4 Å². The van der Waals surface area contributed by atoms with Crippen molar-refractivity contribution >= 4 is 0 Å². The average molecular weight is 200 g/mol. The largest absolute Gasteiger partial charge is 0.393 e. The molecule has 0 saturated heterocycles. The summed E-state index contributed by atoms with van der Waals surface area (Å²) in [7, 11) is 0. The Balaban J connectivity index is 2.62. The fourth-order valence-electron chi connectivity index (χ4n) is 2.65. The van der Waals surface area contributed by atoms with Gasteiger partial charge in [-0.05, 0) is 36.5 Å². The minimum absolute atomic E-state index is 0.217. The van der Waals surface area contributed by atoms with Crippen LogP contribution in [0.15, 0.2) is 0 Å². The van der Waals surface area contributed by atoms with Gasteiger partial charge >= 0.3 is 0 Å². The molecule has 0 aliphatic heterocycles. The van der Waals surface area contributed by atoms with E-state index >= 15 is 0 Å². The topological polar surface area (TPSA) is 40.5 Å². The van der Waals surface area contributed by atoms with Crippen LogP contribution >= 0.6 is 0 Å². The summed E-state index contributed by atoms with van der Waals surface area (Å²) in [5.74, 6) is 1.49. The molecule has 1 fully saturated rings. The van der Waals surface area contributed by atoms with Gasteiger partial charge in [-0.25, -0.2) is 0 Å². The Morgan fingerprint density at radius 2 is 1.07 bits per heavy atom. The normalized spacial score (nSPS) is 39.4. The lowest BCUT2D eigenvalue weighted by Gasteiger charge is -2.40. The molecule has 0 unspecified atom stereocenters. The second-order valence-electron chi connectivity index (χ2n) is 5.42. The first-order valence-corrected chi connectivity index (χ1v) is 5.79. The molecule has 0 spiro atoms. The number of hydrogen-bond acceptors (Lipinski definition) is 2. The molecule has 2 nitrogen and oxygen atoms in total. The smallest absolute Gasteiger partial charge is 0.0575 e. The Kier molecular flexibility index (Phi) is 3.96. The molecule has 0 aromatic heterocycles. The van der Waals surface area contributed by atoms with Gasteiger partial charge in [0, 0.05) is 0 Å². The van der Waals surface area contributed by atoms with Crippen LogP contribution in [0.1, 0.15) is 40.5 Å². The first-order valence-electron chi connectivity index (χ1n) is 5.79. The van der Waals surface area contributed by atoms with Crippen molar-refractivity contribution in [2.45, 2.75) is 52.7 Å². The van der Waals surface area contributed by atoms with E-state index in [2.05, 4.69) is 27.7 Å². The zero-order chi connectivity index (χ0) is 10.9. The number of aliphatic hydroxyl groups is 2. The molecule has 2 N–H and O–H groups in total. The van der Waals surface area contributed by atoms with Crippen LogP contribution in [0.4, 0.5) is 0 Å². The Bertz CT molecular complexity index is 157. The van der Waals surface area contributed by atoms with Gasteiger partial charge in [0.05, 0.1) is 12.2 Å². The highest BCUT2D eigenvalue weighted by molar-refractivity contribution is 4.87. The first kappa shape index (κ1) is 12.0. The Hall–Kier alpha value is -0.0800. The zero-order valence-corrected chi connectivity index (χ0v) is 9.77. The molecule has 0 radical (unpaired) electrons. The molecule has 14 heavy (non-hydrogen) atoms. The van der Waals surface area contributed by atoms with Gasteiger partial charge in [-0.2, -0.15) is 0 Å². The van der Waals surface area contributed by atoms with Crippen molar-refractivity contribution in [1.29, 1.82) is 0 Å². The van der Waals surface area contributed by atoms with Crippen LogP contribution in [0.3, 0.4) is 0 Å². The van der Waals surface area contributed by atoms with Crippen molar-refractivity contribution in [3.05, 3.63) is 0 Å². The molecule has 1 rings (SSSR count). The lowest BCUT2D eigenvalue weighted by atomic mass is 9.70. The third-order valence-electron chi connectivity index (χ3n) is 3.73. The van der Waals surface area contributed by atoms with Crippen LogP contribution < -0.4 is 0 Å². The maximum absolute atomic E-state index is 9.97. The SMILES string of the molecule is CC(C)[C@H]1C[C@H](O)[C@H](C(C)C)C[C@@H]1O. The second-order valence-corrected chi connectivity index (χ2v) is 5.42. The third-order valence-corrected chi connectivity index (χ3v) is 3.73. The molecule has 0 heterocycles. The second kappa shape index (κ2) is 4.63. The number of rotatable bonds is 2. The Morgan fingerprint density at radius 1 is 0.786 bits per heavy atom. The van der Waals surface area contributed by atoms with E-state index < -0.39 is 0 Å². The van der Waals surface area contributed by atoms with Gasteiger partial charge in [-0.15, -0.1) is 0 Å². The fraction of sp³-hybridized carbons (Fsp3) is 1.00. The van der Waals surface area contributed by atoms with Crippen LogP contribution in [-0.2, 0) is 0 Å². The molecule has 1 aliphatic rings. The highest BCUT2D eigenvalue weighted by Gasteiger charge is 2.37. The van der Waals surface area contributed by atoms with E-state index in [1.807, 2.05) is 0 Å². The molecule has 1 saturated carbocycles. The van der Waals surface area contributed by atoms with Crippen molar-refractivity contribution in [2.75, 3.05) is 0 Å². The Morgan fingerprint density at radius 3 is 1.29 bits per heavy atom. The van der Waals surface area contributed by atoms with Crippen molar-refractivity contribution in [3.8, 4) is 0 Å². The summed E-state index contributed by atoms with van der Waals surface area (Å²) in [5.41, 5.74) is 0. The zero-order valence-electron chi connectivity index (χ0n) is 9.77. The van der Waals surface area contributed by atoms with E-state index in [4.69, 9.17) is 0 Å². The van der Waals surface area contributed by atoms with Gasteiger partial charge in [0.1, 0.15) is 0 Å². The van der Waals surface area contributed by atoms with Crippen LogP contribution in [0, 0.1) is 23.7 Å². The van der Waals surface area contributed by atoms with Gasteiger partial charge < -0.3 is 10.2 Å². The summed E-state index contributed by atoms with van der Waals surface area (Å²) < 4.78 is 0. The minimum atomic E-state index is -0.217. The molecule has 0 aromatic rings. The minimum Gasteiger partial charge on any atom is -0.393 e. The summed E-state index contributed by atoms with van der Waals surface area (Å²) in [6, 6.07) is 0. The fourth-order valence-corrected chi connectivity index (χ4v) is 2.65. The number of aliphatic hydroxyl groups excluding tert-OH is 2. The van der Waals surface area contributed by atoms with Crippen LogP contribution in [0.2, 0.25) is 0 Å². The van der Waals surface area contributed by atoms with Gasteiger partial charge in [-0.1, -0.05) is 27.7 Å². The van der Waals surface area contributed by atoms with Crippen molar-refractivity contribution < 1.29 is 10.2 Å². The summed E-state index contributed by atoms with van der Waals surface area (Å²) in [5, 5.41) is 19.9. The standard InChI is InChI=1S/C12H24O2/c1-7(2)9-5-12(14)10(8(3)4)6-11(9)13/h7-14H,5-6H2,1-4H3/t9-,10+,11-,12-/m0/s1. The van der Waals surface area contributed by atoms with Gasteiger partial charge in [0.2, 0.25) is 0 Å². The Labute approximate surface area is 87.3 Å². The predicted octanol–water partition coefficient (Wildman–Crippen LogP) is 2.05. The van der Waals surface area contributed by atoms with Crippen molar-refractivity contribution in [3.63, 3.8) is 0 Å². The quantitative estimate of drug-likeness (QED) is 0.716. The number of hydrogen-bond donors (Lipinski definition) is 2. The molecule has 2 heteroatoms. The summed E-state index contributed by atoms with van der Waals surface area (Å²) in [6.45, 7) is 8.49. The van der Waals surface area contributed by atoms with Crippen molar-refractivity contribution in [1.82, 2.24) is 0 Å². The van der Waals surface area contributed by atoms with Gasteiger partial charge in [0.15, 0.2) is 0 Å². The van der Waals surface area contributed by atoms with E-state index in [-0.39, 0.29) is 24.0 Å².